The van der Waals surface area contributed by atoms with Crippen molar-refractivity contribution in [3.8, 4) is 0 Å². The average Bonchev–Trinajstić information content (AvgIpc) is 3.08. The fourth-order valence-corrected chi connectivity index (χ4v) is 3.79. The van der Waals surface area contributed by atoms with Gasteiger partial charge in [-0.05, 0) is 74.7 Å². The molecule has 4 nitrogen and oxygen atoms in total. The van der Waals surface area contributed by atoms with Crippen LogP contribution in [0.1, 0.15) is 60.0 Å². The molecule has 1 unspecified atom stereocenters. The number of hydrogen-bond donors (Lipinski definition) is 2. The second-order valence-electron chi connectivity index (χ2n) is 7.11. The summed E-state index contributed by atoms with van der Waals surface area (Å²) in [5.74, 6) is 0.747. The number of rotatable bonds is 7. The maximum Gasteiger partial charge on any atom is 0.220 e. The minimum absolute atomic E-state index is 0. The Morgan fingerprint density at radius 3 is 2.76 bits per heavy atom. The fourth-order valence-electron chi connectivity index (χ4n) is 3.79. The van der Waals surface area contributed by atoms with Gasteiger partial charge in [-0.2, -0.15) is 0 Å². The van der Waals surface area contributed by atoms with Crippen molar-refractivity contribution in [1.82, 2.24) is 10.6 Å². The number of Topliss-reactive ketones (excluding diaryl/α,β-unsaturated/α-hetero) is 1. The van der Waals surface area contributed by atoms with Crippen LogP contribution in [-0.4, -0.2) is 31.3 Å². The van der Waals surface area contributed by atoms with Crippen molar-refractivity contribution in [2.24, 2.45) is 5.92 Å². The summed E-state index contributed by atoms with van der Waals surface area (Å²) in [4.78, 5) is 24.2. The molecule has 1 aromatic rings. The first-order valence-corrected chi connectivity index (χ1v) is 9.35. The van der Waals surface area contributed by atoms with Crippen LogP contribution >= 0.6 is 12.4 Å². The number of amides is 1. The van der Waals surface area contributed by atoms with Crippen LogP contribution in [0.4, 0.5) is 0 Å². The molecule has 2 N–H and O–H groups in total. The second kappa shape index (κ2) is 9.93. The first-order chi connectivity index (χ1) is 11.7. The number of carbonyl (C=O) groups is 2. The smallest absolute Gasteiger partial charge is 0.220 e. The summed E-state index contributed by atoms with van der Waals surface area (Å²) in [6.07, 6.45) is 7.49. The maximum atomic E-state index is 12.3. The molecule has 0 bridgehead atoms. The number of carbonyl (C=O) groups excluding carboxylic acids is 2. The molecule has 1 atom stereocenters. The Balaban J connectivity index is 0.00000225. The van der Waals surface area contributed by atoms with E-state index in [-0.39, 0.29) is 24.1 Å². The Labute approximate surface area is 156 Å². The number of ketones is 1. The molecule has 0 radical (unpaired) electrons. The monoisotopic (exact) mass is 364 g/mol. The van der Waals surface area contributed by atoms with Crippen LogP contribution in [0.25, 0.3) is 0 Å². The molecule has 25 heavy (non-hydrogen) atoms. The molecule has 1 aliphatic carbocycles. The van der Waals surface area contributed by atoms with Gasteiger partial charge in [0.2, 0.25) is 5.91 Å². The summed E-state index contributed by atoms with van der Waals surface area (Å²) in [7, 11) is 0. The standard InChI is InChI=1S/C20H28N2O2.ClH/c23-19(18-7-6-16-4-1-5-17(16)13-18)8-9-20(24)22-12-10-15-3-2-11-21-14-15;/h6-7,13,15,21H,1-5,8-12,14H2,(H,22,24);1H. The number of fused-ring (bicyclic) bond motifs is 1. The van der Waals surface area contributed by atoms with Gasteiger partial charge in [-0.15, -0.1) is 12.4 Å². The molecule has 0 aromatic heterocycles. The Kier molecular flexibility index (Phi) is 7.91. The zero-order chi connectivity index (χ0) is 16.8. The molecule has 0 spiro atoms. The summed E-state index contributed by atoms with van der Waals surface area (Å²) in [5, 5.41) is 6.35. The number of piperidine rings is 1. The zero-order valence-electron chi connectivity index (χ0n) is 14.8. The van der Waals surface area contributed by atoms with E-state index in [9.17, 15) is 9.59 Å². The topological polar surface area (TPSA) is 58.2 Å². The normalized spacial score (nSPS) is 19.0. The number of halogens is 1. The molecule has 3 rings (SSSR count). The van der Waals surface area contributed by atoms with Gasteiger partial charge in [-0.3, -0.25) is 9.59 Å². The lowest BCUT2D eigenvalue weighted by atomic mass is 9.96. The van der Waals surface area contributed by atoms with Crippen LogP contribution < -0.4 is 10.6 Å². The Hall–Kier alpha value is -1.39. The van der Waals surface area contributed by atoms with E-state index in [0.717, 1.165) is 44.5 Å². The van der Waals surface area contributed by atoms with Gasteiger partial charge in [0.05, 0.1) is 0 Å². The van der Waals surface area contributed by atoms with Crippen LogP contribution in [0.5, 0.6) is 0 Å². The molecule has 2 aliphatic rings. The summed E-state index contributed by atoms with van der Waals surface area (Å²) in [6, 6.07) is 6.02. The SMILES string of the molecule is Cl.O=C(CCC(=O)c1ccc2c(c1)CCC2)NCCC1CCCNC1. The highest BCUT2D eigenvalue weighted by Gasteiger charge is 2.16. The van der Waals surface area contributed by atoms with Gasteiger partial charge in [0.15, 0.2) is 5.78 Å². The highest BCUT2D eigenvalue weighted by atomic mass is 35.5. The predicted molar refractivity (Wildman–Crippen MR) is 102 cm³/mol. The third-order valence-electron chi connectivity index (χ3n) is 5.27. The van der Waals surface area contributed by atoms with Gasteiger partial charge in [-0.1, -0.05) is 12.1 Å². The van der Waals surface area contributed by atoms with Crippen molar-refractivity contribution in [3.63, 3.8) is 0 Å². The van der Waals surface area contributed by atoms with Crippen LogP contribution in [0.2, 0.25) is 0 Å². The van der Waals surface area contributed by atoms with E-state index in [0.29, 0.717) is 18.8 Å². The van der Waals surface area contributed by atoms with Crippen molar-refractivity contribution in [2.75, 3.05) is 19.6 Å². The molecule has 138 valence electrons. The first kappa shape index (κ1) is 19.9. The molecule has 1 aromatic carbocycles. The summed E-state index contributed by atoms with van der Waals surface area (Å²) in [6.45, 7) is 2.90. The van der Waals surface area contributed by atoms with Gasteiger partial charge in [0.25, 0.3) is 0 Å². The predicted octanol–water partition coefficient (Wildman–Crippen LogP) is 3.07. The molecule has 1 saturated heterocycles. The van der Waals surface area contributed by atoms with Crippen LogP contribution in [0.15, 0.2) is 18.2 Å². The van der Waals surface area contributed by atoms with Crippen LogP contribution in [0.3, 0.4) is 0 Å². The highest BCUT2D eigenvalue weighted by molar-refractivity contribution is 5.98. The molecule has 5 heteroatoms. The Morgan fingerprint density at radius 1 is 1.12 bits per heavy atom. The molecular weight excluding hydrogens is 336 g/mol. The van der Waals surface area contributed by atoms with E-state index < -0.39 is 0 Å². The van der Waals surface area contributed by atoms with Gasteiger partial charge in [0.1, 0.15) is 0 Å². The van der Waals surface area contributed by atoms with Gasteiger partial charge < -0.3 is 10.6 Å². The average molecular weight is 365 g/mol. The van der Waals surface area contributed by atoms with Crippen molar-refractivity contribution in [3.05, 3.63) is 34.9 Å². The lowest BCUT2D eigenvalue weighted by Gasteiger charge is -2.22. The molecule has 1 heterocycles. The fraction of sp³-hybridized carbons (Fsp3) is 0.600. The summed E-state index contributed by atoms with van der Waals surface area (Å²) in [5.41, 5.74) is 3.45. The van der Waals surface area contributed by atoms with E-state index in [1.807, 2.05) is 12.1 Å². The van der Waals surface area contributed by atoms with Crippen LogP contribution in [-0.2, 0) is 17.6 Å². The molecule has 1 fully saturated rings. The molecule has 0 saturated carbocycles. The Morgan fingerprint density at radius 2 is 1.96 bits per heavy atom. The third kappa shape index (κ3) is 5.82. The zero-order valence-corrected chi connectivity index (χ0v) is 15.6. The third-order valence-corrected chi connectivity index (χ3v) is 5.27. The minimum atomic E-state index is -0.00622. The van der Waals surface area contributed by atoms with E-state index >= 15 is 0 Å². The number of aryl methyl sites for hydroxylation is 2. The first-order valence-electron chi connectivity index (χ1n) is 9.35. The van der Waals surface area contributed by atoms with E-state index in [1.165, 1.54) is 30.4 Å². The molecule has 1 aliphatic heterocycles. The quantitative estimate of drug-likeness (QED) is 0.731. The van der Waals surface area contributed by atoms with Gasteiger partial charge >= 0.3 is 0 Å². The lowest BCUT2D eigenvalue weighted by molar-refractivity contribution is -0.121. The summed E-state index contributed by atoms with van der Waals surface area (Å²) < 4.78 is 0. The largest absolute Gasteiger partial charge is 0.356 e. The number of nitrogens with one attached hydrogen (secondary N) is 2. The molecule has 1 amide bonds. The molecular formula is C20H29ClN2O2. The van der Waals surface area contributed by atoms with Crippen LogP contribution in [0, 0.1) is 5.92 Å². The second-order valence-corrected chi connectivity index (χ2v) is 7.11. The van der Waals surface area contributed by atoms with E-state index in [2.05, 4.69) is 16.7 Å². The van der Waals surface area contributed by atoms with Gasteiger partial charge in [-0.25, -0.2) is 0 Å². The van der Waals surface area contributed by atoms with Crippen molar-refractivity contribution >= 4 is 24.1 Å². The van der Waals surface area contributed by atoms with Crippen molar-refractivity contribution in [1.29, 1.82) is 0 Å². The van der Waals surface area contributed by atoms with Crippen molar-refractivity contribution < 1.29 is 9.59 Å². The summed E-state index contributed by atoms with van der Waals surface area (Å²) >= 11 is 0. The number of benzene rings is 1. The highest BCUT2D eigenvalue weighted by Crippen LogP contribution is 2.23. The van der Waals surface area contributed by atoms with E-state index in [1.54, 1.807) is 0 Å². The van der Waals surface area contributed by atoms with Crippen molar-refractivity contribution in [2.45, 2.75) is 51.4 Å². The minimum Gasteiger partial charge on any atom is -0.356 e. The van der Waals surface area contributed by atoms with E-state index in [4.69, 9.17) is 0 Å². The Bertz CT molecular complexity index is 597. The van der Waals surface area contributed by atoms with Gasteiger partial charge in [0, 0.05) is 24.9 Å². The number of hydrogen-bond acceptors (Lipinski definition) is 3. The lowest BCUT2D eigenvalue weighted by Crippen LogP contribution is -2.33. The maximum absolute atomic E-state index is 12.3.